The van der Waals surface area contributed by atoms with E-state index in [2.05, 4.69) is 4.90 Å². The van der Waals surface area contributed by atoms with Crippen molar-refractivity contribution < 1.29 is 21.9 Å². The van der Waals surface area contributed by atoms with Crippen molar-refractivity contribution in [2.75, 3.05) is 46.2 Å². The van der Waals surface area contributed by atoms with Crippen LogP contribution in [-0.2, 0) is 21.3 Å². The second-order valence-corrected chi connectivity index (χ2v) is 9.29. The molecule has 0 amide bonds. The van der Waals surface area contributed by atoms with Crippen LogP contribution in [0.3, 0.4) is 0 Å². The van der Waals surface area contributed by atoms with Crippen LogP contribution in [0.25, 0.3) is 0 Å². The molecule has 0 spiro atoms. The highest BCUT2D eigenvalue weighted by Crippen LogP contribution is 2.44. The first-order chi connectivity index (χ1) is 11.7. The molecule has 1 aromatic carbocycles. The van der Waals surface area contributed by atoms with E-state index in [0.29, 0.717) is 38.3 Å². The molecule has 0 aromatic heterocycles. The Hall–Kier alpha value is -1.09. The second-order valence-electron chi connectivity index (χ2n) is 7.31. The van der Waals surface area contributed by atoms with Crippen molar-refractivity contribution in [2.24, 2.45) is 11.3 Å². The van der Waals surface area contributed by atoms with Crippen LogP contribution < -0.4 is 0 Å². The molecule has 2 atom stereocenters. The maximum atomic E-state index is 13.4. The molecule has 0 unspecified atom stereocenters. The molecule has 0 aliphatic carbocycles. The Bertz CT molecular complexity index is 723. The highest BCUT2D eigenvalue weighted by Gasteiger charge is 2.51. The molecule has 1 aromatic rings. The highest BCUT2D eigenvalue weighted by molar-refractivity contribution is 7.88. The number of fused-ring (bicyclic) bond motifs is 1. The van der Waals surface area contributed by atoms with Gasteiger partial charge < -0.3 is 4.74 Å². The number of rotatable bonds is 5. The summed E-state index contributed by atoms with van der Waals surface area (Å²) in [6, 6.07) is 3.55. The van der Waals surface area contributed by atoms with Gasteiger partial charge in [-0.25, -0.2) is 21.5 Å². The molecule has 2 aliphatic heterocycles. The summed E-state index contributed by atoms with van der Waals surface area (Å²) in [5.74, 6) is -1.01. The monoisotopic (exact) mass is 374 g/mol. The van der Waals surface area contributed by atoms with Gasteiger partial charge in [-0.1, -0.05) is 0 Å². The van der Waals surface area contributed by atoms with Gasteiger partial charge in [0.25, 0.3) is 0 Å². The van der Waals surface area contributed by atoms with Gasteiger partial charge in [0.2, 0.25) is 10.0 Å². The molecular weight excluding hydrogens is 350 g/mol. The summed E-state index contributed by atoms with van der Waals surface area (Å²) >= 11 is 0. The Labute approximate surface area is 147 Å². The molecule has 5 nitrogen and oxygen atoms in total. The van der Waals surface area contributed by atoms with E-state index in [0.717, 1.165) is 19.0 Å². The number of sulfonamides is 1. The number of ether oxygens (including phenoxy) is 1. The molecule has 0 radical (unpaired) electrons. The van der Waals surface area contributed by atoms with E-state index in [9.17, 15) is 17.2 Å². The zero-order valence-corrected chi connectivity index (χ0v) is 15.4. The van der Waals surface area contributed by atoms with Crippen molar-refractivity contribution in [3.05, 3.63) is 35.4 Å². The summed E-state index contributed by atoms with van der Waals surface area (Å²) in [6.45, 7) is 3.35. The number of methoxy groups -OCH3 is 1. The number of hydrogen-bond acceptors (Lipinski definition) is 4. The Morgan fingerprint density at radius 3 is 2.52 bits per heavy atom. The molecule has 140 valence electrons. The third kappa shape index (κ3) is 4.02. The van der Waals surface area contributed by atoms with Crippen molar-refractivity contribution in [2.45, 2.75) is 13.0 Å². The molecule has 0 saturated carbocycles. The maximum Gasteiger partial charge on any atom is 0.211 e. The van der Waals surface area contributed by atoms with Crippen LogP contribution in [0, 0.1) is 23.0 Å². The lowest BCUT2D eigenvalue weighted by Crippen LogP contribution is -2.48. The first-order valence-corrected chi connectivity index (χ1v) is 10.2. The van der Waals surface area contributed by atoms with Crippen molar-refractivity contribution >= 4 is 10.0 Å². The molecule has 2 fully saturated rings. The normalized spacial score (nSPS) is 28.2. The van der Waals surface area contributed by atoms with Gasteiger partial charge in [0.15, 0.2) is 0 Å². The Morgan fingerprint density at radius 2 is 1.92 bits per heavy atom. The molecule has 25 heavy (non-hydrogen) atoms. The van der Waals surface area contributed by atoms with Crippen LogP contribution >= 0.6 is 0 Å². The van der Waals surface area contributed by atoms with Crippen LogP contribution in [-0.4, -0.2) is 63.8 Å². The third-order valence-corrected chi connectivity index (χ3v) is 6.63. The Morgan fingerprint density at radius 1 is 1.24 bits per heavy atom. The number of hydrogen-bond donors (Lipinski definition) is 0. The van der Waals surface area contributed by atoms with Gasteiger partial charge in [-0.15, -0.1) is 0 Å². The SMILES string of the molecule is COC[C@@]12CCN(Cc3cc(F)cc(F)c3)C[C@@H]1CN(S(C)(=O)=O)C2. The minimum Gasteiger partial charge on any atom is -0.384 e. The van der Waals surface area contributed by atoms with Crippen LogP contribution in [0.5, 0.6) is 0 Å². The van der Waals surface area contributed by atoms with E-state index >= 15 is 0 Å². The van der Waals surface area contributed by atoms with Gasteiger partial charge in [0.1, 0.15) is 11.6 Å². The number of piperidine rings is 1. The van der Waals surface area contributed by atoms with E-state index in [1.54, 1.807) is 7.11 Å². The number of halogens is 2. The minimum absolute atomic E-state index is 0.148. The first-order valence-electron chi connectivity index (χ1n) is 8.33. The summed E-state index contributed by atoms with van der Waals surface area (Å²) in [6.07, 6.45) is 2.04. The van der Waals surface area contributed by atoms with Gasteiger partial charge >= 0.3 is 0 Å². The van der Waals surface area contributed by atoms with E-state index in [1.807, 2.05) is 0 Å². The fourth-order valence-electron chi connectivity index (χ4n) is 4.18. The number of nitrogens with zero attached hydrogens (tertiary/aromatic N) is 2. The predicted molar refractivity (Wildman–Crippen MR) is 90.5 cm³/mol. The highest BCUT2D eigenvalue weighted by atomic mass is 32.2. The summed E-state index contributed by atoms with van der Waals surface area (Å²) in [4.78, 5) is 2.14. The van der Waals surface area contributed by atoms with Crippen molar-refractivity contribution in [1.29, 1.82) is 0 Å². The summed E-state index contributed by atoms with van der Waals surface area (Å²) in [5, 5.41) is 0. The topological polar surface area (TPSA) is 49.9 Å². The molecular formula is C17H24F2N2O3S. The predicted octanol–water partition coefficient (Wildman–Crippen LogP) is 1.69. The lowest BCUT2D eigenvalue weighted by molar-refractivity contribution is -0.00112. The third-order valence-electron chi connectivity index (χ3n) is 5.42. The van der Waals surface area contributed by atoms with Gasteiger partial charge in [-0.3, -0.25) is 4.90 Å². The molecule has 8 heteroatoms. The Balaban J connectivity index is 1.74. The van der Waals surface area contributed by atoms with E-state index < -0.39 is 21.7 Å². The van der Waals surface area contributed by atoms with Gasteiger partial charge in [-0.05, 0) is 36.6 Å². The molecule has 0 N–H and O–H groups in total. The molecule has 3 rings (SSSR count). The average Bonchev–Trinajstić information content (AvgIpc) is 2.85. The smallest absolute Gasteiger partial charge is 0.211 e. The van der Waals surface area contributed by atoms with Crippen molar-refractivity contribution in [3.63, 3.8) is 0 Å². The summed E-state index contributed by atoms with van der Waals surface area (Å²) < 4.78 is 57.6. The zero-order chi connectivity index (χ0) is 18.2. The minimum atomic E-state index is -3.24. The second kappa shape index (κ2) is 6.90. The van der Waals surface area contributed by atoms with Crippen LogP contribution in [0.1, 0.15) is 12.0 Å². The van der Waals surface area contributed by atoms with Crippen LogP contribution in [0.15, 0.2) is 18.2 Å². The summed E-state index contributed by atoms with van der Waals surface area (Å²) in [5.41, 5.74) is 0.413. The molecule has 2 aliphatic rings. The Kier molecular flexibility index (Phi) is 5.16. The van der Waals surface area contributed by atoms with Crippen LogP contribution in [0.4, 0.5) is 8.78 Å². The van der Waals surface area contributed by atoms with E-state index in [4.69, 9.17) is 4.74 Å². The van der Waals surface area contributed by atoms with E-state index in [1.165, 1.54) is 22.7 Å². The van der Waals surface area contributed by atoms with Gasteiger partial charge in [0.05, 0.1) is 12.9 Å². The summed E-state index contributed by atoms with van der Waals surface area (Å²) in [7, 11) is -1.61. The standard InChI is InChI=1S/C17H24F2N2O3S/c1-24-12-17-3-4-20(8-13-5-15(18)7-16(19)6-13)9-14(17)10-21(11-17)25(2,22)23/h5-7,14H,3-4,8-12H2,1-2H3/t14-,17+/m1/s1. The number of benzene rings is 1. The quantitative estimate of drug-likeness (QED) is 0.787. The lowest BCUT2D eigenvalue weighted by atomic mass is 9.73. The average molecular weight is 374 g/mol. The fourth-order valence-corrected chi connectivity index (χ4v) is 5.12. The molecule has 2 heterocycles. The first kappa shape index (κ1) is 18.7. The van der Waals surface area contributed by atoms with E-state index in [-0.39, 0.29) is 11.3 Å². The maximum absolute atomic E-state index is 13.4. The lowest BCUT2D eigenvalue weighted by Gasteiger charge is -2.43. The molecule has 0 bridgehead atoms. The number of likely N-dealkylation sites (tertiary alicyclic amines) is 1. The van der Waals surface area contributed by atoms with Crippen molar-refractivity contribution in [3.8, 4) is 0 Å². The van der Waals surface area contributed by atoms with Crippen LogP contribution in [0.2, 0.25) is 0 Å². The van der Waals surface area contributed by atoms with Gasteiger partial charge in [-0.2, -0.15) is 0 Å². The fraction of sp³-hybridized carbons (Fsp3) is 0.647. The van der Waals surface area contributed by atoms with Gasteiger partial charge in [0, 0.05) is 44.8 Å². The largest absolute Gasteiger partial charge is 0.384 e. The molecule has 2 saturated heterocycles. The zero-order valence-electron chi connectivity index (χ0n) is 14.5. The van der Waals surface area contributed by atoms with Crippen molar-refractivity contribution in [1.82, 2.24) is 9.21 Å².